The van der Waals surface area contributed by atoms with Gasteiger partial charge >= 0.3 is 0 Å². The van der Waals surface area contributed by atoms with Crippen molar-refractivity contribution in [2.24, 2.45) is 0 Å². The van der Waals surface area contributed by atoms with Crippen molar-refractivity contribution < 1.29 is 9.84 Å². The number of thioether (sulfide) groups is 1. The summed E-state index contributed by atoms with van der Waals surface area (Å²) in [5, 5.41) is 14.2. The zero-order chi connectivity index (χ0) is 12.2. The Morgan fingerprint density at radius 1 is 1.56 bits per heavy atom. The molecule has 1 fully saturated rings. The molecule has 1 rings (SSSR count). The van der Waals surface area contributed by atoms with Gasteiger partial charge in [0.05, 0.1) is 11.7 Å². The average molecular weight is 247 g/mol. The predicted octanol–water partition coefficient (Wildman–Crippen LogP) is 1.65. The van der Waals surface area contributed by atoms with Gasteiger partial charge in [-0.25, -0.2) is 0 Å². The van der Waals surface area contributed by atoms with Crippen LogP contribution in [-0.2, 0) is 4.74 Å². The van der Waals surface area contributed by atoms with Gasteiger partial charge < -0.3 is 15.2 Å². The van der Waals surface area contributed by atoms with Crippen LogP contribution in [0.25, 0.3) is 0 Å². The highest BCUT2D eigenvalue weighted by Crippen LogP contribution is 2.40. The van der Waals surface area contributed by atoms with Crippen molar-refractivity contribution in [1.82, 2.24) is 5.32 Å². The Labute approximate surface area is 103 Å². The van der Waals surface area contributed by atoms with Gasteiger partial charge in [-0.05, 0) is 32.4 Å². The molecule has 4 atom stereocenters. The molecule has 1 aliphatic rings. The molecule has 96 valence electrons. The van der Waals surface area contributed by atoms with Gasteiger partial charge in [-0.1, -0.05) is 6.92 Å². The highest BCUT2D eigenvalue weighted by Gasteiger charge is 2.45. The Morgan fingerprint density at radius 2 is 2.25 bits per heavy atom. The zero-order valence-electron chi connectivity index (χ0n) is 10.8. The number of hydrogen-bond acceptors (Lipinski definition) is 4. The predicted molar refractivity (Wildman–Crippen MR) is 70.0 cm³/mol. The Balaban J connectivity index is 2.31. The number of rotatable bonds is 7. The molecular formula is C12H25NO2S. The van der Waals surface area contributed by atoms with Crippen LogP contribution in [0.3, 0.4) is 0 Å². The molecule has 0 amide bonds. The minimum atomic E-state index is -0.498. The molecule has 1 aliphatic carbocycles. The molecular weight excluding hydrogens is 222 g/mol. The number of aliphatic hydroxyl groups is 1. The molecule has 4 unspecified atom stereocenters. The molecule has 1 saturated carbocycles. The van der Waals surface area contributed by atoms with E-state index in [1.165, 1.54) is 0 Å². The summed E-state index contributed by atoms with van der Waals surface area (Å²) in [4.78, 5) is 0. The first-order valence-corrected chi connectivity index (χ1v) is 7.18. The monoisotopic (exact) mass is 247 g/mol. The summed E-state index contributed by atoms with van der Waals surface area (Å²) in [6, 6.07) is 0.280. The molecule has 0 heterocycles. The van der Waals surface area contributed by atoms with Crippen LogP contribution >= 0.6 is 11.8 Å². The zero-order valence-corrected chi connectivity index (χ0v) is 11.6. The number of methoxy groups -OCH3 is 1. The van der Waals surface area contributed by atoms with Crippen LogP contribution in [0.5, 0.6) is 0 Å². The van der Waals surface area contributed by atoms with Gasteiger partial charge in [0.2, 0.25) is 0 Å². The van der Waals surface area contributed by atoms with Crippen molar-refractivity contribution >= 4 is 11.8 Å². The lowest BCUT2D eigenvalue weighted by atomic mass is 9.79. The fourth-order valence-corrected chi connectivity index (χ4v) is 3.14. The minimum absolute atomic E-state index is 0.181. The summed E-state index contributed by atoms with van der Waals surface area (Å²) >= 11 is 1.87. The molecule has 3 nitrogen and oxygen atoms in total. The second-order valence-corrected chi connectivity index (χ2v) is 6.18. The quantitative estimate of drug-likeness (QED) is 0.718. The van der Waals surface area contributed by atoms with Gasteiger partial charge in [-0.2, -0.15) is 11.8 Å². The first-order chi connectivity index (χ1) is 7.53. The summed E-state index contributed by atoms with van der Waals surface area (Å²) in [6.45, 7) is 6.96. The third kappa shape index (κ3) is 3.36. The Bertz CT molecular complexity index is 215. The van der Waals surface area contributed by atoms with Crippen molar-refractivity contribution in [2.45, 2.75) is 56.6 Å². The summed E-state index contributed by atoms with van der Waals surface area (Å²) < 4.78 is 5.25. The highest BCUT2D eigenvalue weighted by atomic mass is 32.2. The Hall–Kier alpha value is 0.230. The Kier molecular flexibility index (Phi) is 5.57. The van der Waals surface area contributed by atoms with E-state index < -0.39 is 5.60 Å². The first-order valence-electron chi connectivity index (χ1n) is 6.13. The van der Waals surface area contributed by atoms with Crippen LogP contribution in [0.1, 0.15) is 33.6 Å². The van der Waals surface area contributed by atoms with Crippen LogP contribution in [0.15, 0.2) is 0 Å². The maximum Gasteiger partial charge on any atom is 0.0889 e. The second-order valence-electron chi connectivity index (χ2n) is 4.70. The molecule has 0 saturated heterocycles. The van der Waals surface area contributed by atoms with E-state index >= 15 is 0 Å². The Morgan fingerprint density at radius 3 is 2.69 bits per heavy atom. The summed E-state index contributed by atoms with van der Waals surface area (Å²) in [5.74, 6) is 1.08. The second kappa shape index (κ2) is 6.24. The van der Waals surface area contributed by atoms with Gasteiger partial charge in [-0.3, -0.25) is 0 Å². The standard InChI is InChI=1S/C12H25NO2S/c1-5-16-11-6-7-12(11,14)8-13-9(2)10(3)15-4/h9-11,13-14H,5-8H2,1-4H3. The van der Waals surface area contributed by atoms with Crippen molar-refractivity contribution in [3.8, 4) is 0 Å². The maximum atomic E-state index is 10.4. The van der Waals surface area contributed by atoms with Gasteiger partial charge in [-0.15, -0.1) is 0 Å². The summed E-state index contributed by atoms with van der Waals surface area (Å²) in [7, 11) is 1.72. The fourth-order valence-electron chi connectivity index (χ4n) is 1.95. The molecule has 0 bridgehead atoms. The van der Waals surface area contributed by atoms with E-state index in [2.05, 4.69) is 19.2 Å². The first kappa shape index (κ1) is 14.3. The lowest BCUT2D eigenvalue weighted by Gasteiger charge is -2.45. The van der Waals surface area contributed by atoms with Crippen LogP contribution in [-0.4, -0.2) is 47.5 Å². The van der Waals surface area contributed by atoms with Crippen LogP contribution in [0.4, 0.5) is 0 Å². The lowest BCUT2D eigenvalue weighted by molar-refractivity contribution is -0.0294. The van der Waals surface area contributed by atoms with Gasteiger partial charge in [0.1, 0.15) is 0 Å². The molecule has 0 aliphatic heterocycles. The van der Waals surface area contributed by atoms with Crippen molar-refractivity contribution in [1.29, 1.82) is 0 Å². The van der Waals surface area contributed by atoms with Crippen LogP contribution in [0, 0.1) is 0 Å². The molecule has 0 radical (unpaired) electrons. The molecule has 0 aromatic heterocycles. The largest absolute Gasteiger partial charge is 0.387 e. The van der Waals surface area contributed by atoms with Gasteiger partial charge in [0.25, 0.3) is 0 Å². The topological polar surface area (TPSA) is 41.5 Å². The maximum absolute atomic E-state index is 10.4. The molecule has 2 N–H and O–H groups in total. The van der Waals surface area contributed by atoms with E-state index in [0.717, 1.165) is 18.6 Å². The molecule has 0 spiro atoms. The molecule has 0 aromatic rings. The van der Waals surface area contributed by atoms with Gasteiger partial charge in [0.15, 0.2) is 0 Å². The van der Waals surface area contributed by atoms with Crippen molar-refractivity contribution in [3.63, 3.8) is 0 Å². The van der Waals surface area contributed by atoms with Crippen molar-refractivity contribution in [3.05, 3.63) is 0 Å². The fraction of sp³-hybridized carbons (Fsp3) is 1.00. The molecule has 4 heteroatoms. The third-order valence-electron chi connectivity index (χ3n) is 3.61. The van der Waals surface area contributed by atoms with E-state index in [-0.39, 0.29) is 12.1 Å². The van der Waals surface area contributed by atoms with Crippen molar-refractivity contribution in [2.75, 3.05) is 19.4 Å². The molecule has 0 aromatic carbocycles. The highest BCUT2D eigenvalue weighted by molar-refractivity contribution is 8.00. The summed E-state index contributed by atoms with van der Waals surface area (Å²) in [6.07, 6.45) is 2.25. The van der Waals surface area contributed by atoms with Crippen LogP contribution < -0.4 is 5.32 Å². The molecule has 16 heavy (non-hydrogen) atoms. The van der Waals surface area contributed by atoms with E-state index in [9.17, 15) is 5.11 Å². The van der Waals surface area contributed by atoms with Gasteiger partial charge in [0, 0.05) is 24.9 Å². The lowest BCUT2D eigenvalue weighted by Crippen LogP contribution is -2.58. The average Bonchev–Trinajstić information content (AvgIpc) is 2.29. The number of ether oxygens (including phenoxy) is 1. The number of nitrogens with one attached hydrogen (secondary N) is 1. The van der Waals surface area contributed by atoms with E-state index in [1.54, 1.807) is 7.11 Å². The SMILES string of the molecule is CCSC1CCC1(O)CNC(C)C(C)OC. The van der Waals surface area contributed by atoms with E-state index in [1.807, 2.05) is 18.7 Å². The van der Waals surface area contributed by atoms with Crippen LogP contribution in [0.2, 0.25) is 0 Å². The van der Waals surface area contributed by atoms with E-state index in [4.69, 9.17) is 4.74 Å². The smallest absolute Gasteiger partial charge is 0.0889 e. The minimum Gasteiger partial charge on any atom is -0.387 e. The normalized spacial score (nSPS) is 33.2. The number of hydrogen-bond donors (Lipinski definition) is 2. The van der Waals surface area contributed by atoms with E-state index in [0.29, 0.717) is 11.8 Å². The summed E-state index contributed by atoms with van der Waals surface area (Å²) in [5.41, 5.74) is -0.498. The third-order valence-corrected chi connectivity index (χ3v) is 5.02.